The van der Waals surface area contributed by atoms with E-state index < -0.39 is 6.10 Å². The number of benzene rings is 1. The number of methoxy groups -OCH3 is 1. The van der Waals surface area contributed by atoms with Gasteiger partial charge in [-0.15, -0.1) is 6.58 Å². The fourth-order valence-electron chi connectivity index (χ4n) is 2.12. The largest absolute Gasteiger partial charge is 0.493 e. The number of unbranched alkanes of at least 4 members (excludes halogenated alkanes) is 1. The second-order valence-corrected chi connectivity index (χ2v) is 4.90. The van der Waals surface area contributed by atoms with E-state index in [9.17, 15) is 5.11 Å². The Kier molecular flexibility index (Phi) is 7.21. The van der Waals surface area contributed by atoms with Crippen LogP contribution in [0, 0.1) is 11.3 Å². The van der Waals surface area contributed by atoms with Crippen molar-refractivity contribution in [3.05, 3.63) is 48.1 Å². The summed E-state index contributed by atoms with van der Waals surface area (Å²) >= 11 is 0. The van der Waals surface area contributed by atoms with Crippen LogP contribution < -0.4 is 9.47 Å². The molecule has 0 spiro atoms. The first-order valence-corrected chi connectivity index (χ1v) is 7.31. The summed E-state index contributed by atoms with van der Waals surface area (Å²) < 4.78 is 11.2. The van der Waals surface area contributed by atoms with Crippen LogP contribution in [0.3, 0.4) is 0 Å². The van der Waals surface area contributed by atoms with Gasteiger partial charge in [-0.2, -0.15) is 5.26 Å². The van der Waals surface area contributed by atoms with Gasteiger partial charge in [-0.25, -0.2) is 0 Å². The number of hydrogen-bond acceptors (Lipinski definition) is 4. The van der Waals surface area contributed by atoms with Gasteiger partial charge >= 0.3 is 0 Å². The van der Waals surface area contributed by atoms with E-state index in [0.29, 0.717) is 30.1 Å². The monoisotopic (exact) mass is 301 g/mol. The molecule has 0 amide bonds. The van der Waals surface area contributed by atoms with Gasteiger partial charge in [0.05, 0.1) is 25.4 Å². The van der Waals surface area contributed by atoms with E-state index in [1.807, 2.05) is 6.07 Å². The van der Waals surface area contributed by atoms with E-state index >= 15 is 0 Å². The summed E-state index contributed by atoms with van der Waals surface area (Å²) in [7, 11) is 1.57. The molecule has 1 aromatic rings. The zero-order chi connectivity index (χ0) is 16.5. The average Bonchev–Trinajstić information content (AvgIpc) is 2.54. The lowest BCUT2D eigenvalue weighted by Gasteiger charge is -2.20. The Morgan fingerprint density at radius 2 is 2.23 bits per heavy atom. The first kappa shape index (κ1) is 17.8. The molecule has 118 valence electrons. The standard InChI is InChI=1S/C18H23NO3/c1-5-7-11-22-18-15(8-6-2)14(9-10-16(18)21-4)17(20)13(3)12-19/h6,9-10,17,20H,2-3,5,7-8,11H2,1,4H3. The molecule has 1 N–H and O–H groups in total. The Balaban J connectivity index is 3.33. The molecule has 0 aliphatic carbocycles. The SMILES string of the molecule is C=CCc1c(C(O)C(=C)C#N)ccc(OC)c1OCCCC. The van der Waals surface area contributed by atoms with Crippen molar-refractivity contribution >= 4 is 0 Å². The minimum Gasteiger partial charge on any atom is -0.493 e. The van der Waals surface area contributed by atoms with Gasteiger partial charge in [0.15, 0.2) is 11.5 Å². The maximum atomic E-state index is 10.3. The zero-order valence-corrected chi connectivity index (χ0v) is 13.3. The number of nitrogens with zero attached hydrogens (tertiary/aromatic N) is 1. The molecule has 0 heterocycles. The Bertz CT molecular complexity index is 572. The van der Waals surface area contributed by atoms with E-state index in [4.69, 9.17) is 14.7 Å². The number of allylic oxidation sites excluding steroid dienone is 1. The highest BCUT2D eigenvalue weighted by Crippen LogP contribution is 2.38. The summed E-state index contributed by atoms with van der Waals surface area (Å²) in [6.07, 6.45) is 3.12. The van der Waals surface area contributed by atoms with Gasteiger partial charge in [-0.3, -0.25) is 0 Å². The highest BCUT2D eigenvalue weighted by atomic mass is 16.5. The van der Waals surface area contributed by atoms with Crippen molar-refractivity contribution in [2.45, 2.75) is 32.3 Å². The van der Waals surface area contributed by atoms with Gasteiger partial charge in [0.25, 0.3) is 0 Å². The summed E-state index contributed by atoms with van der Waals surface area (Å²) in [6.45, 7) is 9.99. The number of aliphatic hydroxyl groups excluding tert-OH is 1. The van der Waals surface area contributed by atoms with Crippen molar-refractivity contribution in [1.29, 1.82) is 5.26 Å². The van der Waals surface area contributed by atoms with E-state index in [1.165, 1.54) is 0 Å². The molecule has 0 saturated heterocycles. The van der Waals surface area contributed by atoms with Crippen LogP contribution in [0.4, 0.5) is 0 Å². The van der Waals surface area contributed by atoms with Crippen LogP contribution in [0.5, 0.6) is 11.5 Å². The number of nitriles is 1. The van der Waals surface area contributed by atoms with Gasteiger partial charge in [-0.1, -0.05) is 32.1 Å². The van der Waals surface area contributed by atoms with Crippen LogP contribution in [0.2, 0.25) is 0 Å². The van der Waals surface area contributed by atoms with Crippen molar-refractivity contribution in [3.63, 3.8) is 0 Å². The molecule has 4 heteroatoms. The second kappa shape index (κ2) is 8.91. The third-order valence-electron chi connectivity index (χ3n) is 3.34. The Labute approximate surface area is 132 Å². The lowest BCUT2D eigenvalue weighted by Crippen LogP contribution is -2.08. The smallest absolute Gasteiger partial charge is 0.165 e. The predicted octanol–water partition coefficient (Wildman–Crippen LogP) is 3.72. The quantitative estimate of drug-likeness (QED) is 0.429. The molecule has 0 fully saturated rings. The van der Waals surface area contributed by atoms with Crippen LogP contribution >= 0.6 is 0 Å². The molecule has 1 unspecified atom stereocenters. The van der Waals surface area contributed by atoms with Gasteiger partial charge in [-0.05, 0) is 24.5 Å². The number of aliphatic hydroxyl groups is 1. The molecule has 1 atom stereocenters. The summed E-state index contributed by atoms with van der Waals surface area (Å²) in [4.78, 5) is 0. The molecule has 1 rings (SSSR count). The molecule has 4 nitrogen and oxygen atoms in total. The van der Waals surface area contributed by atoms with Crippen molar-refractivity contribution in [2.24, 2.45) is 0 Å². The van der Waals surface area contributed by atoms with E-state index in [0.717, 1.165) is 18.4 Å². The first-order chi connectivity index (χ1) is 10.6. The summed E-state index contributed by atoms with van der Waals surface area (Å²) in [6, 6.07) is 5.36. The third-order valence-corrected chi connectivity index (χ3v) is 3.34. The van der Waals surface area contributed by atoms with Gasteiger partial charge < -0.3 is 14.6 Å². The van der Waals surface area contributed by atoms with Crippen LogP contribution in [0.1, 0.15) is 37.0 Å². The predicted molar refractivity (Wildman–Crippen MR) is 87.0 cm³/mol. The number of rotatable bonds is 9. The Hall–Kier alpha value is -2.25. The van der Waals surface area contributed by atoms with Crippen LogP contribution in [0.25, 0.3) is 0 Å². The maximum absolute atomic E-state index is 10.3. The molecule has 0 bridgehead atoms. The van der Waals surface area contributed by atoms with Crippen molar-refractivity contribution in [1.82, 2.24) is 0 Å². The molecule has 0 aliphatic heterocycles. The summed E-state index contributed by atoms with van der Waals surface area (Å²) in [5.41, 5.74) is 1.46. The van der Waals surface area contributed by atoms with E-state index in [2.05, 4.69) is 20.1 Å². The molecule has 1 aromatic carbocycles. The third kappa shape index (κ3) is 4.12. The van der Waals surface area contributed by atoms with Gasteiger partial charge in [0.2, 0.25) is 0 Å². The Morgan fingerprint density at radius 3 is 2.77 bits per heavy atom. The minimum absolute atomic E-state index is 0.0926. The Morgan fingerprint density at radius 1 is 1.50 bits per heavy atom. The van der Waals surface area contributed by atoms with Crippen LogP contribution in [-0.4, -0.2) is 18.8 Å². The maximum Gasteiger partial charge on any atom is 0.165 e. The van der Waals surface area contributed by atoms with Crippen LogP contribution in [0.15, 0.2) is 36.9 Å². The van der Waals surface area contributed by atoms with Crippen molar-refractivity contribution < 1.29 is 14.6 Å². The van der Waals surface area contributed by atoms with Crippen molar-refractivity contribution in [3.8, 4) is 17.6 Å². The zero-order valence-electron chi connectivity index (χ0n) is 13.3. The minimum atomic E-state index is -1.06. The molecule has 22 heavy (non-hydrogen) atoms. The highest BCUT2D eigenvalue weighted by molar-refractivity contribution is 5.54. The summed E-state index contributed by atoms with van der Waals surface area (Å²) in [5.74, 6) is 1.20. The van der Waals surface area contributed by atoms with Crippen LogP contribution in [-0.2, 0) is 6.42 Å². The lowest BCUT2D eigenvalue weighted by atomic mass is 9.95. The molecule has 0 saturated carbocycles. The van der Waals surface area contributed by atoms with E-state index in [-0.39, 0.29) is 5.57 Å². The molecule has 0 aromatic heterocycles. The molecular formula is C18H23NO3. The fourth-order valence-corrected chi connectivity index (χ4v) is 2.12. The number of ether oxygens (including phenoxy) is 2. The fraction of sp³-hybridized carbons (Fsp3) is 0.389. The second-order valence-electron chi connectivity index (χ2n) is 4.90. The lowest BCUT2D eigenvalue weighted by molar-refractivity contribution is 0.218. The summed E-state index contributed by atoms with van der Waals surface area (Å²) in [5, 5.41) is 19.2. The van der Waals surface area contributed by atoms with Gasteiger partial charge in [0, 0.05) is 5.56 Å². The molecule has 0 aliphatic rings. The molecular weight excluding hydrogens is 278 g/mol. The normalized spacial score (nSPS) is 11.4. The average molecular weight is 301 g/mol. The van der Waals surface area contributed by atoms with Crippen molar-refractivity contribution in [2.75, 3.05) is 13.7 Å². The topological polar surface area (TPSA) is 62.5 Å². The van der Waals surface area contributed by atoms with E-state index in [1.54, 1.807) is 25.3 Å². The number of hydrogen-bond donors (Lipinski definition) is 1. The highest BCUT2D eigenvalue weighted by Gasteiger charge is 2.21. The van der Waals surface area contributed by atoms with Gasteiger partial charge in [0.1, 0.15) is 6.10 Å². The molecule has 0 radical (unpaired) electrons. The first-order valence-electron chi connectivity index (χ1n) is 7.31.